The molecule has 0 radical (unpaired) electrons. The summed E-state index contributed by atoms with van der Waals surface area (Å²) in [5.41, 5.74) is 0. The molecule has 22 heavy (non-hydrogen) atoms. The van der Waals surface area contributed by atoms with Crippen molar-refractivity contribution < 1.29 is 14.3 Å². The Balaban J connectivity index is 0.00000242. The smallest absolute Gasteiger partial charge is 0.240 e. The first-order valence-electron chi connectivity index (χ1n) is 7.85. The number of hydrogen-bond acceptors (Lipinski definition) is 4. The average Bonchev–Trinajstić information content (AvgIpc) is 2.47. The van der Waals surface area contributed by atoms with Crippen LogP contribution in [0.25, 0.3) is 0 Å². The third-order valence-electron chi connectivity index (χ3n) is 4.41. The molecule has 2 fully saturated rings. The van der Waals surface area contributed by atoms with Crippen molar-refractivity contribution in [2.75, 3.05) is 27.2 Å². The van der Waals surface area contributed by atoms with Gasteiger partial charge >= 0.3 is 0 Å². The van der Waals surface area contributed by atoms with Crippen molar-refractivity contribution >= 4 is 24.2 Å². The first kappa shape index (κ1) is 19.2. The van der Waals surface area contributed by atoms with Crippen molar-refractivity contribution in [1.82, 2.24) is 15.5 Å². The Kier molecular flexibility index (Phi) is 7.59. The van der Waals surface area contributed by atoms with E-state index < -0.39 is 0 Å². The van der Waals surface area contributed by atoms with Gasteiger partial charge < -0.3 is 20.3 Å². The minimum absolute atomic E-state index is 0. The molecule has 2 aliphatic rings. The number of morpholine rings is 1. The van der Waals surface area contributed by atoms with Gasteiger partial charge in [-0.1, -0.05) is 6.42 Å². The van der Waals surface area contributed by atoms with Crippen LogP contribution in [0.3, 0.4) is 0 Å². The van der Waals surface area contributed by atoms with Crippen LogP contribution in [0.15, 0.2) is 0 Å². The van der Waals surface area contributed by atoms with Gasteiger partial charge in [0.1, 0.15) is 6.04 Å². The summed E-state index contributed by atoms with van der Waals surface area (Å²) in [4.78, 5) is 26.0. The predicted molar refractivity (Wildman–Crippen MR) is 87.0 cm³/mol. The lowest BCUT2D eigenvalue weighted by molar-refractivity contribution is -0.135. The Labute approximate surface area is 138 Å². The molecule has 0 aromatic rings. The predicted octanol–water partition coefficient (Wildman–Crippen LogP) is 0.548. The van der Waals surface area contributed by atoms with Gasteiger partial charge in [-0.15, -0.1) is 12.4 Å². The molecule has 7 heteroatoms. The zero-order chi connectivity index (χ0) is 15.4. The molecule has 1 heterocycles. The first-order valence-corrected chi connectivity index (χ1v) is 7.85. The zero-order valence-corrected chi connectivity index (χ0v) is 14.4. The second-order valence-electron chi connectivity index (χ2n) is 6.31. The van der Waals surface area contributed by atoms with Gasteiger partial charge in [0.05, 0.1) is 12.7 Å². The highest BCUT2D eigenvalue weighted by molar-refractivity contribution is 5.85. The summed E-state index contributed by atoms with van der Waals surface area (Å²) >= 11 is 0. The lowest BCUT2D eigenvalue weighted by Crippen LogP contribution is -2.57. The molecule has 1 saturated heterocycles. The van der Waals surface area contributed by atoms with Gasteiger partial charge in [0.25, 0.3) is 0 Å². The van der Waals surface area contributed by atoms with Crippen molar-refractivity contribution in [1.29, 1.82) is 0 Å². The molecule has 2 rings (SSSR count). The Morgan fingerprint density at radius 2 is 2.00 bits per heavy atom. The van der Waals surface area contributed by atoms with Gasteiger partial charge in [-0.3, -0.25) is 9.59 Å². The zero-order valence-electron chi connectivity index (χ0n) is 13.6. The number of nitrogens with zero attached hydrogens (tertiary/aromatic N) is 1. The number of carbonyl (C=O) groups excluding carboxylic acids is 2. The van der Waals surface area contributed by atoms with E-state index in [1.54, 1.807) is 19.0 Å². The molecular formula is C15H28ClN3O3. The lowest BCUT2D eigenvalue weighted by atomic mass is 9.84. The quantitative estimate of drug-likeness (QED) is 0.791. The maximum atomic E-state index is 12.3. The van der Waals surface area contributed by atoms with Crippen LogP contribution in [0.4, 0.5) is 0 Å². The van der Waals surface area contributed by atoms with Crippen molar-refractivity contribution in [3.8, 4) is 0 Å². The highest BCUT2D eigenvalue weighted by Crippen LogP contribution is 2.25. The Bertz CT molecular complexity index is 392. The maximum absolute atomic E-state index is 12.3. The molecule has 6 nitrogen and oxygen atoms in total. The molecular weight excluding hydrogens is 306 g/mol. The number of hydrogen-bond donors (Lipinski definition) is 2. The molecule has 0 aromatic heterocycles. The second kappa shape index (κ2) is 8.70. The van der Waals surface area contributed by atoms with Gasteiger partial charge in [-0.25, -0.2) is 0 Å². The van der Waals surface area contributed by atoms with E-state index in [-0.39, 0.29) is 48.3 Å². The maximum Gasteiger partial charge on any atom is 0.240 e. The number of carbonyl (C=O) groups is 2. The summed E-state index contributed by atoms with van der Waals surface area (Å²) < 4.78 is 5.51. The van der Waals surface area contributed by atoms with Crippen LogP contribution in [0.5, 0.6) is 0 Å². The fourth-order valence-corrected chi connectivity index (χ4v) is 3.23. The number of nitrogens with one attached hydrogen (secondary N) is 2. The van der Waals surface area contributed by atoms with Gasteiger partial charge in [0.2, 0.25) is 11.8 Å². The van der Waals surface area contributed by atoms with Crippen LogP contribution in [-0.4, -0.2) is 62.1 Å². The minimum atomic E-state index is -0.288. The Morgan fingerprint density at radius 3 is 2.64 bits per heavy atom. The van der Waals surface area contributed by atoms with Crippen molar-refractivity contribution in [3.05, 3.63) is 0 Å². The van der Waals surface area contributed by atoms with Crippen LogP contribution in [-0.2, 0) is 14.3 Å². The third kappa shape index (κ3) is 4.83. The van der Waals surface area contributed by atoms with E-state index in [9.17, 15) is 9.59 Å². The fraction of sp³-hybridized carbons (Fsp3) is 0.867. The van der Waals surface area contributed by atoms with Crippen LogP contribution >= 0.6 is 12.4 Å². The monoisotopic (exact) mass is 333 g/mol. The van der Waals surface area contributed by atoms with Gasteiger partial charge in [0.15, 0.2) is 0 Å². The molecule has 1 aliphatic carbocycles. The molecule has 4 atom stereocenters. The summed E-state index contributed by atoms with van der Waals surface area (Å²) in [5.74, 6) is 0.193. The summed E-state index contributed by atoms with van der Waals surface area (Å²) in [6.45, 7) is 3.26. The topological polar surface area (TPSA) is 70.7 Å². The van der Waals surface area contributed by atoms with Gasteiger partial charge in [0, 0.05) is 32.6 Å². The van der Waals surface area contributed by atoms with Gasteiger partial charge in [-0.05, 0) is 26.2 Å². The molecule has 2 amide bonds. The molecule has 2 N–H and O–H groups in total. The number of amides is 2. The molecule has 0 spiro atoms. The van der Waals surface area contributed by atoms with Crippen LogP contribution < -0.4 is 10.6 Å². The molecule has 0 bridgehead atoms. The van der Waals surface area contributed by atoms with E-state index in [4.69, 9.17) is 4.74 Å². The standard InChI is InChI=1S/C15H27N3O3.ClH/c1-10-13(16-7-8-21-10)14(19)17-12-6-4-5-11(9-12)15(20)18(2)3;/h10-13,16H,4-9H2,1-3H3,(H,17,19);1H/t10-,11?,12?,13+;/m1./s1. The molecule has 1 saturated carbocycles. The molecule has 2 unspecified atom stereocenters. The highest BCUT2D eigenvalue weighted by atomic mass is 35.5. The summed E-state index contributed by atoms with van der Waals surface area (Å²) in [6.07, 6.45) is 3.49. The number of halogens is 1. The van der Waals surface area contributed by atoms with Crippen LogP contribution in [0, 0.1) is 5.92 Å². The van der Waals surface area contributed by atoms with Gasteiger partial charge in [-0.2, -0.15) is 0 Å². The molecule has 1 aliphatic heterocycles. The molecule has 0 aromatic carbocycles. The minimum Gasteiger partial charge on any atom is -0.375 e. The average molecular weight is 334 g/mol. The summed E-state index contributed by atoms with van der Waals surface area (Å²) in [5, 5.41) is 6.29. The first-order chi connectivity index (χ1) is 9.99. The van der Waals surface area contributed by atoms with E-state index in [1.165, 1.54) is 0 Å². The largest absolute Gasteiger partial charge is 0.375 e. The van der Waals surface area contributed by atoms with Crippen molar-refractivity contribution in [3.63, 3.8) is 0 Å². The van der Waals surface area contributed by atoms with E-state index in [0.29, 0.717) is 13.2 Å². The summed E-state index contributed by atoms with van der Waals surface area (Å²) in [7, 11) is 3.57. The summed E-state index contributed by atoms with van der Waals surface area (Å²) in [6, 6.07) is -0.195. The van der Waals surface area contributed by atoms with Crippen molar-refractivity contribution in [2.24, 2.45) is 5.92 Å². The second-order valence-corrected chi connectivity index (χ2v) is 6.31. The van der Waals surface area contributed by atoms with Crippen molar-refractivity contribution in [2.45, 2.75) is 50.8 Å². The number of rotatable bonds is 3. The SMILES string of the molecule is C[C@H]1OCCN[C@@H]1C(=O)NC1CCCC(C(=O)N(C)C)C1.Cl. The Hall–Kier alpha value is -0.850. The fourth-order valence-electron chi connectivity index (χ4n) is 3.23. The normalized spacial score (nSPS) is 31.8. The van der Waals surface area contributed by atoms with Crippen LogP contribution in [0.2, 0.25) is 0 Å². The third-order valence-corrected chi connectivity index (χ3v) is 4.41. The number of ether oxygens (including phenoxy) is 1. The van der Waals surface area contributed by atoms with E-state index in [1.807, 2.05) is 6.92 Å². The lowest BCUT2D eigenvalue weighted by Gasteiger charge is -2.34. The Morgan fingerprint density at radius 1 is 1.27 bits per heavy atom. The molecule has 128 valence electrons. The van der Waals surface area contributed by atoms with Crippen LogP contribution in [0.1, 0.15) is 32.6 Å². The van der Waals surface area contributed by atoms with E-state index >= 15 is 0 Å². The van der Waals surface area contributed by atoms with E-state index in [0.717, 1.165) is 25.7 Å². The highest BCUT2D eigenvalue weighted by Gasteiger charge is 2.33. The van der Waals surface area contributed by atoms with E-state index in [2.05, 4.69) is 10.6 Å².